The molecule has 0 atom stereocenters. The summed E-state index contributed by atoms with van der Waals surface area (Å²) in [6.45, 7) is 0. The number of hydrogen-bond acceptors (Lipinski definition) is 1. The van der Waals surface area contributed by atoms with Gasteiger partial charge in [-0.25, -0.2) is 0 Å². The predicted molar refractivity (Wildman–Crippen MR) is 15.1 cm³/mol. The number of hydrogen-bond donors (Lipinski definition) is 0. The monoisotopic (exact) mass is 231 g/mol. The Bertz CT molecular complexity index is 6.85. The minimum atomic E-state index is 0. The van der Waals surface area contributed by atoms with E-state index in [9.17, 15) is 0 Å². The fourth-order valence-corrected chi connectivity index (χ4v) is 0. The summed E-state index contributed by atoms with van der Waals surface area (Å²) in [6.07, 6.45) is 0. The van der Waals surface area contributed by atoms with E-state index < -0.39 is 0 Å². The standard InChI is InChI=1S/3FH.La.S/h3*1H;;. The average molecular weight is 231 g/mol. The third kappa shape index (κ3) is 36.8. The molecule has 0 heterocycles. The molecule has 0 fully saturated rings. The van der Waals surface area contributed by atoms with Crippen molar-refractivity contribution in [1.29, 1.82) is 0 Å². The van der Waals surface area contributed by atoms with E-state index in [0.717, 1.165) is 31.3 Å². The van der Waals surface area contributed by atoms with Crippen LogP contribution in [-0.4, -0.2) is 0 Å². The van der Waals surface area contributed by atoms with Gasteiger partial charge in [-0.15, -0.1) is 0 Å². The third-order valence-corrected chi connectivity index (χ3v) is 0. The summed E-state index contributed by atoms with van der Waals surface area (Å²) in [4.78, 5) is 0. The predicted octanol–water partition coefficient (Wildman–Crippen LogP) is 1.11. The second-order valence-corrected chi connectivity index (χ2v) is 0. The molecule has 0 aliphatic carbocycles. The van der Waals surface area contributed by atoms with Crippen LogP contribution in [0.5, 0.6) is 0 Å². The zero-order chi connectivity index (χ0) is 2.00. The second kappa shape index (κ2) is 63.4. The summed E-state index contributed by atoms with van der Waals surface area (Å²) in [5.74, 6) is 0. The van der Waals surface area contributed by atoms with E-state index in [1.165, 1.54) is 0 Å². The first kappa shape index (κ1) is 34.6. The van der Waals surface area contributed by atoms with Crippen molar-refractivity contribution in [3.05, 3.63) is 0 Å². The summed E-state index contributed by atoms with van der Waals surface area (Å²) in [6, 6.07) is 0. The van der Waals surface area contributed by atoms with E-state index in [1.54, 1.807) is 0 Å². The Morgan fingerprint density at radius 3 is 0.800 bits per heavy atom. The topological polar surface area (TPSA) is 0 Å². The Balaban J connectivity index is -0.00000000167. The van der Waals surface area contributed by atoms with E-state index in [2.05, 4.69) is 7.03 Å². The van der Waals surface area contributed by atoms with Crippen molar-refractivity contribution in [1.82, 2.24) is 0 Å². The summed E-state index contributed by atoms with van der Waals surface area (Å²) in [5.41, 5.74) is 0. The van der Waals surface area contributed by atoms with Crippen molar-refractivity contribution >= 4 is 7.03 Å². The molecular formula is H3F3LaS. The van der Waals surface area contributed by atoms with Crippen molar-refractivity contribution in [2.45, 2.75) is 0 Å². The van der Waals surface area contributed by atoms with E-state index >= 15 is 0 Å². The van der Waals surface area contributed by atoms with Crippen LogP contribution in [0.3, 0.4) is 0 Å². The van der Waals surface area contributed by atoms with Gasteiger partial charge in [-0.3, -0.25) is 14.1 Å². The van der Waals surface area contributed by atoms with Crippen molar-refractivity contribution < 1.29 is 45.5 Å². The van der Waals surface area contributed by atoms with Gasteiger partial charge in [-0.2, -0.15) is 0 Å². The van der Waals surface area contributed by atoms with Crippen molar-refractivity contribution in [3.8, 4) is 0 Å². The Labute approximate surface area is 52.1 Å². The first-order chi connectivity index (χ1) is 1.00. The van der Waals surface area contributed by atoms with Crippen LogP contribution in [-0.2, 0) is 0 Å². The molecule has 0 saturated heterocycles. The summed E-state index contributed by atoms with van der Waals surface area (Å²) < 4.78 is 0. The fraction of sp³-hybridized carbons (Fsp3) is 0. The Kier molecular flexibility index (Phi) is 438. The van der Waals surface area contributed by atoms with Gasteiger partial charge in [-0.1, -0.05) is 0 Å². The molecule has 0 unspecified atom stereocenters. The van der Waals surface area contributed by atoms with Crippen molar-refractivity contribution in [3.63, 3.8) is 0 Å². The number of halogens is 3. The quantitative estimate of drug-likeness (QED) is 0.601. The Hall–Kier alpha value is 1.20. The van der Waals surface area contributed by atoms with Crippen LogP contribution in [0, 0.1) is 31.3 Å². The summed E-state index contributed by atoms with van der Waals surface area (Å²) in [7, 11) is 4.25. The van der Waals surface area contributed by atoms with E-state index in [4.69, 9.17) is 0 Å². The second-order valence-electron chi connectivity index (χ2n) is 0. The Morgan fingerprint density at radius 2 is 0.800 bits per heavy atom. The van der Waals surface area contributed by atoms with Crippen LogP contribution >= 0.6 is 7.03 Å². The van der Waals surface area contributed by atoms with Gasteiger partial charge in [0.05, 0.1) is 0 Å². The first-order valence-corrected chi connectivity index (χ1v) is 5.15. The van der Waals surface area contributed by atoms with Gasteiger partial charge < -0.3 is 0 Å². The van der Waals surface area contributed by atoms with Gasteiger partial charge >= 0.3 is 38.4 Å². The van der Waals surface area contributed by atoms with E-state index in [-0.39, 0.29) is 14.1 Å². The molecule has 0 aromatic carbocycles. The molecule has 0 aromatic rings. The molecule has 0 nitrogen and oxygen atoms in total. The maximum atomic E-state index is 4.25. The molecular weight excluding hydrogens is 228 g/mol. The molecule has 0 spiro atoms. The van der Waals surface area contributed by atoms with Crippen molar-refractivity contribution in [2.75, 3.05) is 0 Å². The molecule has 0 rings (SSSR count). The van der Waals surface area contributed by atoms with E-state index in [1.807, 2.05) is 0 Å². The normalized spacial score (nSPS) is 1.20. The van der Waals surface area contributed by atoms with Gasteiger partial charge in [0.1, 0.15) is 0 Å². The molecule has 0 N–H and O–H groups in total. The van der Waals surface area contributed by atoms with Gasteiger partial charge in [-0.05, 0) is 0 Å². The zero-order valence-corrected chi connectivity index (χ0v) is 6.65. The first-order valence-electron chi connectivity index (χ1n) is 0.236. The van der Waals surface area contributed by atoms with Crippen LogP contribution in [0.15, 0.2) is 0 Å². The molecule has 0 radical (unpaired) electrons. The van der Waals surface area contributed by atoms with Crippen LogP contribution in [0.4, 0.5) is 14.1 Å². The van der Waals surface area contributed by atoms with Crippen LogP contribution in [0.1, 0.15) is 0 Å². The van der Waals surface area contributed by atoms with Crippen LogP contribution < -0.4 is 0 Å². The SMILES string of the molecule is F.F.F.[S]=[La]. The molecule has 0 bridgehead atoms. The third-order valence-electron chi connectivity index (χ3n) is 0. The molecule has 5 heavy (non-hydrogen) atoms. The summed E-state index contributed by atoms with van der Waals surface area (Å²) in [5, 5.41) is 0. The molecule has 0 aromatic heterocycles. The van der Waals surface area contributed by atoms with Gasteiger partial charge in [0.2, 0.25) is 0 Å². The molecule has 0 saturated carbocycles. The zero-order valence-electron chi connectivity index (χ0n) is 2.21. The summed E-state index contributed by atoms with van der Waals surface area (Å²) >= 11 is 0.750. The number of rotatable bonds is 0. The average Bonchev–Trinajstić information content (AvgIpc) is 1.00. The minimum absolute atomic E-state index is 0. The molecule has 5 heteroatoms. The molecule has 33 valence electrons. The van der Waals surface area contributed by atoms with Gasteiger partial charge in [0.25, 0.3) is 0 Å². The van der Waals surface area contributed by atoms with Crippen LogP contribution in [0.2, 0.25) is 0 Å². The van der Waals surface area contributed by atoms with Gasteiger partial charge in [0, 0.05) is 0 Å². The van der Waals surface area contributed by atoms with Crippen molar-refractivity contribution in [2.24, 2.45) is 0 Å². The molecule has 0 aliphatic rings. The van der Waals surface area contributed by atoms with Gasteiger partial charge in [0.15, 0.2) is 0 Å². The fourth-order valence-electron chi connectivity index (χ4n) is 0. The molecule has 0 amide bonds. The van der Waals surface area contributed by atoms with E-state index in [0.29, 0.717) is 0 Å². The Morgan fingerprint density at radius 1 is 0.800 bits per heavy atom. The van der Waals surface area contributed by atoms with Crippen LogP contribution in [0.25, 0.3) is 0 Å². The maximum absolute atomic E-state index is 4.25. The molecule has 0 aliphatic heterocycles.